The van der Waals surface area contributed by atoms with Crippen LogP contribution < -0.4 is 5.73 Å². The second kappa shape index (κ2) is 4.97. The Morgan fingerprint density at radius 3 is 2.40 bits per heavy atom. The van der Waals surface area contributed by atoms with Crippen LogP contribution in [0.25, 0.3) is 0 Å². The zero-order chi connectivity index (χ0) is 11.5. The van der Waals surface area contributed by atoms with E-state index in [1.807, 2.05) is 7.05 Å². The molecule has 0 radical (unpaired) electrons. The Bertz CT molecular complexity index is 214. The molecule has 0 bridgehead atoms. The third-order valence-electron chi connectivity index (χ3n) is 3.25. The molecule has 1 aliphatic carbocycles. The Balaban J connectivity index is 2.28. The lowest BCUT2D eigenvalue weighted by atomic mass is 10.0. The van der Waals surface area contributed by atoms with E-state index in [2.05, 4.69) is 0 Å². The molecule has 0 spiro atoms. The van der Waals surface area contributed by atoms with Crippen LogP contribution in [-0.4, -0.2) is 29.9 Å². The molecular weight excluding hydrogens is 188 g/mol. The Kier molecular flexibility index (Phi) is 4.14. The molecule has 1 rings (SSSR count). The summed E-state index contributed by atoms with van der Waals surface area (Å²) in [7, 11) is 1.85. The molecule has 1 fully saturated rings. The fourth-order valence-electron chi connectivity index (χ4n) is 2.27. The van der Waals surface area contributed by atoms with Crippen molar-refractivity contribution >= 4 is 5.91 Å². The number of hydrogen-bond donors (Lipinski definition) is 1. The summed E-state index contributed by atoms with van der Waals surface area (Å²) in [5.41, 5.74) is 5.04. The van der Waals surface area contributed by atoms with Gasteiger partial charge in [0.15, 0.2) is 0 Å². The highest BCUT2D eigenvalue weighted by Gasteiger charge is 2.26. The molecule has 15 heavy (non-hydrogen) atoms. The fourth-order valence-corrected chi connectivity index (χ4v) is 2.27. The first-order valence-corrected chi connectivity index (χ1v) is 5.95. The minimum Gasteiger partial charge on any atom is -0.344 e. The van der Waals surface area contributed by atoms with Crippen molar-refractivity contribution in [2.45, 2.75) is 51.5 Å². The molecule has 0 aliphatic heterocycles. The first-order valence-electron chi connectivity index (χ1n) is 5.95. The zero-order valence-electron chi connectivity index (χ0n) is 10.3. The summed E-state index contributed by atoms with van der Waals surface area (Å²) in [4.78, 5) is 13.5. The molecule has 0 atom stereocenters. The summed E-state index contributed by atoms with van der Waals surface area (Å²) in [6.45, 7) is 4.38. The number of carbonyl (C=O) groups excluding carboxylic acids is 1. The quantitative estimate of drug-likeness (QED) is 0.772. The van der Waals surface area contributed by atoms with Crippen molar-refractivity contribution in [3.63, 3.8) is 0 Å². The van der Waals surface area contributed by atoms with E-state index in [1.54, 1.807) is 18.7 Å². The highest BCUT2D eigenvalue weighted by atomic mass is 16.2. The van der Waals surface area contributed by atoms with Gasteiger partial charge in [0, 0.05) is 13.6 Å². The standard InChI is InChI=1S/C12H24N2O/c1-12(2,13)11(15)14(3)9-8-10-6-4-5-7-10/h10H,4-9,13H2,1-3H3. The van der Waals surface area contributed by atoms with Crippen molar-refractivity contribution in [3.8, 4) is 0 Å². The Morgan fingerprint density at radius 2 is 1.93 bits per heavy atom. The third kappa shape index (κ3) is 3.82. The van der Waals surface area contributed by atoms with E-state index in [4.69, 9.17) is 5.73 Å². The zero-order valence-corrected chi connectivity index (χ0v) is 10.3. The van der Waals surface area contributed by atoms with Gasteiger partial charge in [0.1, 0.15) is 0 Å². The van der Waals surface area contributed by atoms with Crippen LogP contribution in [0.5, 0.6) is 0 Å². The summed E-state index contributed by atoms with van der Waals surface area (Å²) in [5.74, 6) is 0.877. The van der Waals surface area contributed by atoms with Gasteiger partial charge in [-0.1, -0.05) is 25.7 Å². The molecule has 0 heterocycles. The molecular formula is C12H24N2O. The van der Waals surface area contributed by atoms with Gasteiger partial charge in [0.25, 0.3) is 0 Å². The molecule has 0 saturated heterocycles. The number of amides is 1. The van der Waals surface area contributed by atoms with Crippen LogP contribution in [0, 0.1) is 5.92 Å². The van der Waals surface area contributed by atoms with Gasteiger partial charge in [-0.15, -0.1) is 0 Å². The largest absolute Gasteiger partial charge is 0.344 e. The Hall–Kier alpha value is -0.570. The van der Waals surface area contributed by atoms with E-state index in [0.717, 1.165) is 18.9 Å². The lowest BCUT2D eigenvalue weighted by Crippen LogP contribution is -2.50. The second-order valence-electron chi connectivity index (χ2n) is 5.39. The maximum absolute atomic E-state index is 11.8. The first-order chi connectivity index (χ1) is 6.91. The molecule has 1 aliphatic rings. The van der Waals surface area contributed by atoms with E-state index in [0.29, 0.717) is 0 Å². The van der Waals surface area contributed by atoms with Gasteiger partial charge >= 0.3 is 0 Å². The summed E-state index contributed by atoms with van der Waals surface area (Å²) in [6.07, 6.45) is 6.55. The molecule has 1 amide bonds. The van der Waals surface area contributed by atoms with E-state index in [1.165, 1.54) is 25.7 Å². The smallest absolute Gasteiger partial charge is 0.241 e. The molecule has 0 aromatic carbocycles. The molecule has 2 N–H and O–H groups in total. The van der Waals surface area contributed by atoms with Gasteiger partial charge in [-0.2, -0.15) is 0 Å². The van der Waals surface area contributed by atoms with Crippen LogP contribution in [0.4, 0.5) is 0 Å². The van der Waals surface area contributed by atoms with Crippen molar-refractivity contribution in [2.75, 3.05) is 13.6 Å². The monoisotopic (exact) mass is 212 g/mol. The predicted octanol–water partition coefficient (Wildman–Crippen LogP) is 1.76. The minimum atomic E-state index is -0.732. The van der Waals surface area contributed by atoms with Crippen molar-refractivity contribution in [3.05, 3.63) is 0 Å². The number of nitrogens with zero attached hydrogens (tertiary/aromatic N) is 1. The number of nitrogens with two attached hydrogens (primary N) is 1. The summed E-state index contributed by atoms with van der Waals surface area (Å²) >= 11 is 0. The van der Waals surface area contributed by atoms with Gasteiger partial charge in [-0.25, -0.2) is 0 Å². The maximum atomic E-state index is 11.8. The van der Waals surface area contributed by atoms with Gasteiger partial charge in [0.05, 0.1) is 5.54 Å². The molecule has 3 heteroatoms. The summed E-state index contributed by atoms with van der Waals surface area (Å²) in [5, 5.41) is 0. The van der Waals surface area contributed by atoms with Gasteiger partial charge in [0.2, 0.25) is 5.91 Å². The van der Waals surface area contributed by atoms with Crippen LogP contribution in [0.3, 0.4) is 0 Å². The predicted molar refractivity (Wildman–Crippen MR) is 62.5 cm³/mol. The molecule has 3 nitrogen and oxygen atoms in total. The lowest BCUT2D eigenvalue weighted by molar-refractivity contribution is -0.134. The molecule has 1 saturated carbocycles. The topological polar surface area (TPSA) is 46.3 Å². The van der Waals surface area contributed by atoms with Crippen LogP contribution >= 0.6 is 0 Å². The van der Waals surface area contributed by atoms with Crippen molar-refractivity contribution in [1.29, 1.82) is 0 Å². The van der Waals surface area contributed by atoms with E-state index in [-0.39, 0.29) is 5.91 Å². The van der Waals surface area contributed by atoms with Crippen molar-refractivity contribution in [1.82, 2.24) is 4.90 Å². The number of rotatable bonds is 4. The summed E-state index contributed by atoms with van der Waals surface area (Å²) in [6, 6.07) is 0. The highest BCUT2D eigenvalue weighted by molar-refractivity contribution is 5.84. The van der Waals surface area contributed by atoms with Crippen LogP contribution in [-0.2, 0) is 4.79 Å². The van der Waals surface area contributed by atoms with Crippen LogP contribution in [0.2, 0.25) is 0 Å². The van der Waals surface area contributed by atoms with Crippen LogP contribution in [0.15, 0.2) is 0 Å². The van der Waals surface area contributed by atoms with Crippen LogP contribution in [0.1, 0.15) is 46.0 Å². The Morgan fingerprint density at radius 1 is 1.40 bits per heavy atom. The number of likely N-dealkylation sites (N-methyl/N-ethyl adjacent to an activating group) is 1. The van der Waals surface area contributed by atoms with Gasteiger partial charge in [-0.3, -0.25) is 4.79 Å². The second-order valence-corrected chi connectivity index (χ2v) is 5.39. The number of hydrogen-bond acceptors (Lipinski definition) is 2. The first kappa shape index (κ1) is 12.5. The van der Waals surface area contributed by atoms with Gasteiger partial charge < -0.3 is 10.6 Å². The normalized spacial score (nSPS) is 18.1. The van der Waals surface area contributed by atoms with E-state index < -0.39 is 5.54 Å². The maximum Gasteiger partial charge on any atom is 0.241 e. The van der Waals surface area contributed by atoms with E-state index >= 15 is 0 Å². The average Bonchev–Trinajstić information content (AvgIpc) is 2.63. The number of carbonyl (C=O) groups is 1. The van der Waals surface area contributed by atoms with Gasteiger partial charge in [-0.05, 0) is 26.2 Å². The van der Waals surface area contributed by atoms with E-state index in [9.17, 15) is 4.79 Å². The third-order valence-corrected chi connectivity index (χ3v) is 3.25. The van der Waals surface area contributed by atoms with Crippen molar-refractivity contribution < 1.29 is 4.79 Å². The average molecular weight is 212 g/mol. The highest BCUT2D eigenvalue weighted by Crippen LogP contribution is 2.27. The SMILES string of the molecule is CN(CCC1CCCC1)C(=O)C(C)(C)N. The molecule has 88 valence electrons. The molecule has 0 aromatic rings. The van der Waals surface area contributed by atoms with Crippen molar-refractivity contribution in [2.24, 2.45) is 11.7 Å². The fraction of sp³-hybridized carbons (Fsp3) is 0.917. The molecule has 0 aromatic heterocycles. The summed E-state index contributed by atoms with van der Waals surface area (Å²) < 4.78 is 0. The Labute approximate surface area is 93.0 Å². The molecule has 0 unspecified atom stereocenters. The minimum absolute atomic E-state index is 0.0421. The lowest BCUT2D eigenvalue weighted by Gasteiger charge is -2.26.